The number of carbonyl (C=O) groups excluding carboxylic acids is 3. The molecule has 1 N–H and O–H groups in total. The number of nitrogens with zero attached hydrogens (tertiary/aromatic N) is 5. The quantitative estimate of drug-likeness (QED) is 0.468. The van der Waals surface area contributed by atoms with Gasteiger partial charge in [0.05, 0.1) is 24.4 Å². The second kappa shape index (κ2) is 11.6. The van der Waals surface area contributed by atoms with E-state index in [2.05, 4.69) is 27.3 Å². The van der Waals surface area contributed by atoms with Crippen molar-refractivity contribution in [1.82, 2.24) is 15.1 Å². The molecule has 1 unspecified atom stereocenters. The van der Waals surface area contributed by atoms with Gasteiger partial charge in [0.15, 0.2) is 5.17 Å². The van der Waals surface area contributed by atoms with Crippen molar-refractivity contribution in [3.8, 4) is 0 Å². The van der Waals surface area contributed by atoms with Gasteiger partial charge in [-0.15, -0.1) is 11.3 Å². The highest BCUT2D eigenvalue weighted by Crippen LogP contribution is 2.34. The van der Waals surface area contributed by atoms with E-state index < -0.39 is 6.04 Å². The minimum Gasteiger partial charge on any atom is -0.368 e. The van der Waals surface area contributed by atoms with Crippen LogP contribution in [0, 0.1) is 0 Å². The zero-order valence-corrected chi connectivity index (χ0v) is 23.4. The summed E-state index contributed by atoms with van der Waals surface area (Å²) in [5.41, 5.74) is 2.60. The van der Waals surface area contributed by atoms with Gasteiger partial charge >= 0.3 is 0 Å². The maximum absolute atomic E-state index is 13.5. The van der Waals surface area contributed by atoms with Crippen molar-refractivity contribution in [2.24, 2.45) is 9.98 Å². The number of thiophene rings is 1. The summed E-state index contributed by atoms with van der Waals surface area (Å²) < 4.78 is 0. The highest BCUT2D eigenvalue weighted by atomic mass is 32.2. The molecule has 1 atom stereocenters. The number of para-hydroxylation sites is 2. The van der Waals surface area contributed by atoms with Crippen molar-refractivity contribution < 1.29 is 14.4 Å². The summed E-state index contributed by atoms with van der Waals surface area (Å²) in [6, 6.07) is 20.7. The lowest BCUT2D eigenvalue weighted by Crippen LogP contribution is -2.49. The molecule has 0 aliphatic carbocycles. The van der Waals surface area contributed by atoms with Gasteiger partial charge in [0, 0.05) is 42.3 Å². The maximum atomic E-state index is 13.5. The van der Waals surface area contributed by atoms with E-state index in [9.17, 15) is 14.4 Å². The van der Waals surface area contributed by atoms with Gasteiger partial charge in [-0.2, -0.15) is 0 Å². The third-order valence-electron chi connectivity index (χ3n) is 7.04. The van der Waals surface area contributed by atoms with Crippen LogP contribution in [-0.2, 0) is 20.9 Å². The van der Waals surface area contributed by atoms with Gasteiger partial charge in [-0.25, -0.2) is 9.89 Å². The molecule has 6 rings (SSSR count). The van der Waals surface area contributed by atoms with Gasteiger partial charge in [-0.05, 0) is 35.7 Å². The van der Waals surface area contributed by atoms with Crippen molar-refractivity contribution in [3.63, 3.8) is 0 Å². The third kappa shape index (κ3) is 5.52. The number of amidine groups is 2. The minimum atomic E-state index is -0.836. The van der Waals surface area contributed by atoms with E-state index in [0.29, 0.717) is 36.3 Å². The number of anilines is 1. The highest BCUT2D eigenvalue weighted by molar-refractivity contribution is 8.14. The molecule has 0 radical (unpaired) electrons. The normalized spacial score (nSPS) is 18.1. The van der Waals surface area contributed by atoms with Crippen molar-refractivity contribution in [1.29, 1.82) is 0 Å². The molecule has 3 amide bonds. The average Bonchev–Trinajstić information content (AvgIpc) is 3.63. The van der Waals surface area contributed by atoms with Gasteiger partial charge < -0.3 is 15.1 Å². The third-order valence-corrected chi connectivity index (χ3v) is 8.84. The first-order chi connectivity index (χ1) is 19.6. The Balaban J connectivity index is 1.10. The predicted octanol–water partition coefficient (Wildman–Crippen LogP) is 3.50. The van der Waals surface area contributed by atoms with Gasteiger partial charge in [0.2, 0.25) is 11.8 Å². The molecule has 0 saturated carbocycles. The topological polar surface area (TPSA) is 97.7 Å². The van der Waals surface area contributed by atoms with E-state index in [1.54, 1.807) is 11.3 Å². The molecule has 204 valence electrons. The number of nitrogens with one attached hydrogen (secondary N) is 1. The fourth-order valence-electron chi connectivity index (χ4n) is 4.95. The zero-order valence-electron chi connectivity index (χ0n) is 21.7. The van der Waals surface area contributed by atoms with Gasteiger partial charge in [0.25, 0.3) is 5.91 Å². The first-order valence-corrected chi connectivity index (χ1v) is 15.0. The molecule has 1 saturated heterocycles. The van der Waals surface area contributed by atoms with Gasteiger partial charge in [-0.3, -0.25) is 19.4 Å². The summed E-state index contributed by atoms with van der Waals surface area (Å²) in [5, 5.41) is 5.25. The summed E-state index contributed by atoms with van der Waals surface area (Å²) in [5.74, 6) is 0.119. The molecule has 2 aromatic carbocycles. The largest absolute Gasteiger partial charge is 0.368 e. The van der Waals surface area contributed by atoms with Gasteiger partial charge in [-0.1, -0.05) is 48.2 Å². The Labute approximate surface area is 240 Å². The van der Waals surface area contributed by atoms with Crippen LogP contribution in [0.25, 0.3) is 0 Å². The van der Waals surface area contributed by atoms with Crippen LogP contribution in [0.1, 0.15) is 16.9 Å². The number of benzene rings is 2. The van der Waals surface area contributed by atoms with Crippen LogP contribution in [-0.4, -0.2) is 76.5 Å². The van der Waals surface area contributed by atoms with Crippen LogP contribution >= 0.6 is 23.1 Å². The van der Waals surface area contributed by atoms with Crippen LogP contribution in [0.3, 0.4) is 0 Å². The Morgan fingerprint density at radius 1 is 0.975 bits per heavy atom. The highest BCUT2D eigenvalue weighted by Gasteiger charge is 2.42. The standard InChI is InChI=1S/C29H28N6O3S2/c36-25(30-18-21-9-6-16-39-21)17-24-28(38)35-27(31-24)22-10-4-5-11-23(22)32-29(35)40-19-26(37)34-14-12-33(13-15-34)20-7-2-1-3-8-20/h1-11,16,24H,12-15,17-19H2,(H,30,36). The number of hydrogen-bond acceptors (Lipinski definition) is 8. The summed E-state index contributed by atoms with van der Waals surface area (Å²) >= 11 is 2.80. The summed E-state index contributed by atoms with van der Waals surface area (Å²) in [7, 11) is 0. The second-order valence-corrected chi connectivity index (χ2v) is 11.6. The molecule has 0 bridgehead atoms. The number of aliphatic imine (C=N–C) groups is 2. The molecule has 4 heterocycles. The van der Waals surface area contributed by atoms with Crippen molar-refractivity contribution in [2.75, 3.05) is 36.8 Å². The minimum absolute atomic E-state index is 0.00825. The average molecular weight is 573 g/mol. The van der Waals surface area contributed by atoms with E-state index in [4.69, 9.17) is 4.99 Å². The number of carbonyl (C=O) groups is 3. The molecule has 3 aliphatic heterocycles. The molecule has 40 heavy (non-hydrogen) atoms. The summed E-state index contributed by atoms with van der Waals surface area (Å²) in [6.45, 7) is 3.24. The number of fused-ring (bicyclic) bond motifs is 3. The van der Waals surface area contributed by atoms with Crippen molar-refractivity contribution in [3.05, 3.63) is 82.6 Å². The Kier molecular flexibility index (Phi) is 7.65. The summed E-state index contributed by atoms with van der Waals surface area (Å²) in [6.07, 6.45) is -0.0467. The molecule has 1 fully saturated rings. The molecule has 1 aromatic heterocycles. The molecular weight excluding hydrogens is 544 g/mol. The summed E-state index contributed by atoms with van der Waals surface area (Å²) in [4.78, 5) is 55.3. The van der Waals surface area contributed by atoms with Crippen molar-refractivity contribution in [2.45, 2.75) is 19.0 Å². The van der Waals surface area contributed by atoms with Crippen LogP contribution in [0.4, 0.5) is 11.4 Å². The molecule has 9 nitrogen and oxygen atoms in total. The van der Waals surface area contributed by atoms with Crippen LogP contribution in [0.5, 0.6) is 0 Å². The Bertz CT molecular complexity index is 1470. The molecule has 3 aliphatic rings. The molecule has 11 heteroatoms. The maximum Gasteiger partial charge on any atom is 0.259 e. The lowest BCUT2D eigenvalue weighted by atomic mass is 10.1. The molecule has 0 spiro atoms. The fraction of sp³-hybridized carbons (Fsp3) is 0.276. The zero-order chi connectivity index (χ0) is 27.5. The molecular formula is C29H28N6O3S2. The number of amides is 3. The first kappa shape index (κ1) is 26.3. The smallest absolute Gasteiger partial charge is 0.259 e. The Hall–Kier alpha value is -3.96. The molecule has 3 aromatic rings. The van der Waals surface area contributed by atoms with Gasteiger partial charge in [0.1, 0.15) is 11.9 Å². The fourth-order valence-corrected chi connectivity index (χ4v) is 6.50. The SMILES string of the molecule is O=C(CC1N=C2c3ccccc3N=C(SCC(=O)N3CCN(c4ccccc4)CC3)N2C1=O)NCc1cccs1. The van der Waals surface area contributed by atoms with E-state index >= 15 is 0 Å². The number of thioether (sulfide) groups is 1. The van der Waals surface area contributed by atoms with Crippen LogP contribution in [0.15, 0.2) is 82.1 Å². The van der Waals surface area contributed by atoms with E-state index in [1.165, 1.54) is 16.7 Å². The Morgan fingerprint density at radius 2 is 1.75 bits per heavy atom. The number of hydrogen-bond donors (Lipinski definition) is 1. The number of rotatable bonds is 7. The Morgan fingerprint density at radius 3 is 2.52 bits per heavy atom. The van der Waals surface area contributed by atoms with Crippen LogP contribution in [0.2, 0.25) is 0 Å². The lowest BCUT2D eigenvalue weighted by Gasteiger charge is -2.36. The van der Waals surface area contributed by atoms with Crippen LogP contribution < -0.4 is 10.2 Å². The van der Waals surface area contributed by atoms with E-state index in [-0.39, 0.29) is 29.9 Å². The monoisotopic (exact) mass is 572 g/mol. The van der Waals surface area contributed by atoms with Crippen molar-refractivity contribution >= 4 is 63.2 Å². The first-order valence-electron chi connectivity index (χ1n) is 13.2. The second-order valence-electron chi connectivity index (χ2n) is 9.61. The van der Waals surface area contributed by atoms with E-state index in [1.807, 2.05) is 64.9 Å². The van der Waals surface area contributed by atoms with E-state index in [0.717, 1.165) is 29.2 Å². The predicted molar refractivity (Wildman–Crippen MR) is 159 cm³/mol. The number of piperazine rings is 1. The lowest BCUT2D eigenvalue weighted by molar-refractivity contribution is -0.129.